The van der Waals surface area contributed by atoms with Gasteiger partial charge in [-0.25, -0.2) is 0 Å². The molecular weight excluding hydrogens is 167 g/mol. The van der Waals surface area contributed by atoms with Crippen LogP contribution in [-0.4, -0.2) is 4.84 Å². The van der Waals surface area contributed by atoms with Crippen molar-refractivity contribution >= 4 is 23.2 Å². The van der Waals surface area contributed by atoms with Gasteiger partial charge < -0.3 is 0 Å². The van der Waals surface area contributed by atoms with E-state index < -0.39 is 0 Å². The molecular formula is C8H10Cl2. The number of alkyl halides is 2. The van der Waals surface area contributed by atoms with Gasteiger partial charge in [0.2, 0.25) is 0 Å². The third kappa shape index (κ3) is 0.981. The van der Waals surface area contributed by atoms with E-state index in [9.17, 15) is 0 Å². The van der Waals surface area contributed by atoms with Crippen LogP contribution in [0.1, 0.15) is 12.8 Å². The molecule has 2 heteroatoms. The molecule has 2 aliphatic carbocycles. The Kier molecular flexibility index (Phi) is 1.69. The maximum Gasteiger partial charge on any atom is 0.111 e. The van der Waals surface area contributed by atoms with Crippen LogP contribution in [0.2, 0.25) is 0 Å². The Bertz CT molecular complexity index is 163. The van der Waals surface area contributed by atoms with E-state index in [1.54, 1.807) is 0 Å². The van der Waals surface area contributed by atoms with Crippen LogP contribution < -0.4 is 0 Å². The Hall–Kier alpha value is 0.320. The van der Waals surface area contributed by atoms with E-state index in [0.29, 0.717) is 11.8 Å². The first-order valence-corrected chi connectivity index (χ1v) is 4.61. The van der Waals surface area contributed by atoms with Gasteiger partial charge in [0, 0.05) is 0 Å². The maximum absolute atomic E-state index is 5.81. The third-order valence-corrected chi connectivity index (χ3v) is 3.30. The molecule has 3 atom stereocenters. The Morgan fingerprint density at radius 3 is 2.30 bits per heavy atom. The minimum atomic E-state index is -0.153. The first-order chi connectivity index (χ1) is 4.77. The molecule has 2 rings (SSSR count). The molecule has 3 unspecified atom stereocenters. The van der Waals surface area contributed by atoms with Crippen molar-refractivity contribution in [1.82, 2.24) is 0 Å². The lowest BCUT2D eigenvalue weighted by molar-refractivity contribution is 0.478. The van der Waals surface area contributed by atoms with E-state index in [-0.39, 0.29) is 4.84 Å². The number of rotatable bonds is 1. The molecule has 0 aromatic heterocycles. The summed E-state index contributed by atoms with van der Waals surface area (Å²) in [6.07, 6.45) is 7.08. The lowest BCUT2D eigenvalue weighted by Gasteiger charge is -2.18. The van der Waals surface area contributed by atoms with Crippen molar-refractivity contribution < 1.29 is 0 Å². The average Bonchev–Trinajstić information content (AvgIpc) is 2.44. The van der Waals surface area contributed by atoms with Gasteiger partial charge in [-0.1, -0.05) is 12.2 Å². The van der Waals surface area contributed by atoms with Crippen LogP contribution in [0.3, 0.4) is 0 Å². The first kappa shape index (κ1) is 7.00. The summed E-state index contributed by atoms with van der Waals surface area (Å²) in [5.74, 6) is 2.01. The van der Waals surface area contributed by atoms with Crippen molar-refractivity contribution in [2.75, 3.05) is 0 Å². The summed E-state index contributed by atoms with van der Waals surface area (Å²) in [4.78, 5) is -0.153. The first-order valence-electron chi connectivity index (χ1n) is 3.74. The molecule has 2 aliphatic rings. The largest absolute Gasteiger partial charge is 0.111 e. The zero-order chi connectivity index (χ0) is 7.14. The van der Waals surface area contributed by atoms with Crippen molar-refractivity contribution in [2.45, 2.75) is 17.7 Å². The van der Waals surface area contributed by atoms with Crippen LogP contribution in [0.25, 0.3) is 0 Å². The van der Waals surface area contributed by atoms with Crippen LogP contribution >= 0.6 is 23.2 Å². The highest BCUT2D eigenvalue weighted by atomic mass is 35.5. The summed E-state index contributed by atoms with van der Waals surface area (Å²) in [5, 5.41) is 0. The molecule has 0 heterocycles. The molecule has 0 saturated heterocycles. The van der Waals surface area contributed by atoms with Gasteiger partial charge in [-0.2, -0.15) is 0 Å². The smallest absolute Gasteiger partial charge is 0.105 e. The lowest BCUT2D eigenvalue weighted by Crippen LogP contribution is -2.13. The minimum Gasteiger partial charge on any atom is -0.105 e. The van der Waals surface area contributed by atoms with Crippen LogP contribution in [0.15, 0.2) is 12.2 Å². The van der Waals surface area contributed by atoms with Crippen molar-refractivity contribution in [3.8, 4) is 0 Å². The van der Waals surface area contributed by atoms with Gasteiger partial charge in [0.25, 0.3) is 0 Å². The molecule has 1 saturated carbocycles. The van der Waals surface area contributed by atoms with Crippen molar-refractivity contribution in [3.05, 3.63) is 12.2 Å². The molecule has 0 N–H and O–H groups in total. The topological polar surface area (TPSA) is 0 Å². The number of fused-ring (bicyclic) bond motifs is 2. The molecule has 0 aromatic carbocycles. The van der Waals surface area contributed by atoms with Crippen molar-refractivity contribution in [1.29, 1.82) is 0 Å². The quantitative estimate of drug-likeness (QED) is 0.426. The van der Waals surface area contributed by atoms with Crippen LogP contribution in [0.4, 0.5) is 0 Å². The number of hydrogen-bond acceptors (Lipinski definition) is 0. The molecule has 0 nitrogen and oxygen atoms in total. The molecule has 0 spiro atoms. The molecule has 2 bridgehead atoms. The van der Waals surface area contributed by atoms with Gasteiger partial charge in [0.1, 0.15) is 4.84 Å². The zero-order valence-corrected chi connectivity index (χ0v) is 7.15. The highest BCUT2D eigenvalue weighted by Crippen LogP contribution is 2.46. The van der Waals surface area contributed by atoms with Crippen LogP contribution in [0, 0.1) is 17.8 Å². The number of allylic oxidation sites excluding steroid dienone is 2. The summed E-state index contributed by atoms with van der Waals surface area (Å²) < 4.78 is 0. The zero-order valence-electron chi connectivity index (χ0n) is 5.63. The summed E-state index contributed by atoms with van der Waals surface area (Å²) >= 11 is 11.6. The molecule has 0 aromatic rings. The standard InChI is InChI=1S/C8H10Cl2/c9-8(10)7-4-5-1-2-6(7)3-5/h1-2,5-8H,3-4H2. The number of hydrogen-bond donors (Lipinski definition) is 0. The molecule has 0 amide bonds. The predicted molar refractivity (Wildman–Crippen MR) is 44.3 cm³/mol. The lowest BCUT2D eigenvalue weighted by atomic mass is 9.95. The fourth-order valence-corrected chi connectivity index (χ4v) is 2.69. The second kappa shape index (κ2) is 2.42. The van der Waals surface area contributed by atoms with Crippen LogP contribution in [0.5, 0.6) is 0 Å². The molecule has 0 aliphatic heterocycles. The Morgan fingerprint density at radius 1 is 1.20 bits per heavy atom. The normalized spacial score (nSPS) is 43.7. The SMILES string of the molecule is ClC(Cl)C1CC2C=CC1C2. The van der Waals surface area contributed by atoms with Gasteiger partial charge in [-0.05, 0) is 30.6 Å². The van der Waals surface area contributed by atoms with Crippen LogP contribution in [-0.2, 0) is 0 Å². The second-order valence-electron chi connectivity index (χ2n) is 3.28. The Morgan fingerprint density at radius 2 is 2.00 bits per heavy atom. The predicted octanol–water partition coefficient (Wildman–Crippen LogP) is 3.00. The highest BCUT2D eigenvalue weighted by Gasteiger charge is 2.38. The van der Waals surface area contributed by atoms with Gasteiger partial charge in [-0.15, -0.1) is 23.2 Å². The van der Waals surface area contributed by atoms with Gasteiger partial charge in [-0.3, -0.25) is 0 Å². The molecule has 0 radical (unpaired) electrons. The average molecular weight is 177 g/mol. The third-order valence-electron chi connectivity index (χ3n) is 2.65. The van der Waals surface area contributed by atoms with Gasteiger partial charge >= 0.3 is 0 Å². The molecule has 56 valence electrons. The fourth-order valence-electron chi connectivity index (χ4n) is 2.11. The van der Waals surface area contributed by atoms with E-state index >= 15 is 0 Å². The van der Waals surface area contributed by atoms with E-state index in [1.165, 1.54) is 12.8 Å². The van der Waals surface area contributed by atoms with Crippen molar-refractivity contribution in [3.63, 3.8) is 0 Å². The Balaban J connectivity index is 2.09. The van der Waals surface area contributed by atoms with Gasteiger partial charge in [0.05, 0.1) is 0 Å². The minimum absolute atomic E-state index is 0.153. The summed E-state index contributed by atoms with van der Waals surface area (Å²) in [7, 11) is 0. The van der Waals surface area contributed by atoms with E-state index in [2.05, 4.69) is 12.2 Å². The summed E-state index contributed by atoms with van der Waals surface area (Å²) in [6.45, 7) is 0. The molecule has 10 heavy (non-hydrogen) atoms. The Labute approximate surface area is 71.2 Å². The molecule has 1 fully saturated rings. The fraction of sp³-hybridized carbons (Fsp3) is 0.750. The highest BCUT2D eigenvalue weighted by molar-refractivity contribution is 6.44. The second-order valence-corrected chi connectivity index (χ2v) is 4.44. The number of halogens is 2. The summed E-state index contributed by atoms with van der Waals surface area (Å²) in [5.41, 5.74) is 0. The van der Waals surface area contributed by atoms with Crippen molar-refractivity contribution in [2.24, 2.45) is 17.8 Å². The maximum atomic E-state index is 5.81. The summed E-state index contributed by atoms with van der Waals surface area (Å²) in [6, 6.07) is 0. The monoisotopic (exact) mass is 176 g/mol. The van der Waals surface area contributed by atoms with E-state index in [1.807, 2.05) is 0 Å². The van der Waals surface area contributed by atoms with E-state index in [4.69, 9.17) is 23.2 Å². The van der Waals surface area contributed by atoms with Gasteiger partial charge in [0.15, 0.2) is 0 Å². The van der Waals surface area contributed by atoms with E-state index in [0.717, 1.165) is 5.92 Å².